The SMILES string of the molecule is C=CCNC(=O)c1cnc(Nc2ccc3c(c2)CNCC3)nc1Nc1cccc(CN(C)C=O)n1. The summed E-state index contributed by atoms with van der Waals surface area (Å²) in [5, 5.41) is 12.5. The van der Waals surface area contributed by atoms with E-state index in [2.05, 4.69) is 54.9 Å². The van der Waals surface area contributed by atoms with Gasteiger partial charge in [0.2, 0.25) is 12.4 Å². The Labute approximate surface area is 203 Å². The Morgan fingerprint density at radius 2 is 2.09 bits per heavy atom. The summed E-state index contributed by atoms with van der Waals surface area (Å²) in [4.78, 5) is 38.6. The van der Waals surface area contributed by atoms with Gasteiger partial charge in [-0.3, -0.25) is 9.59 Å². The van der Waals surface area contributed by atoms with Gasteiger partial charge in [-0.15, -0.1) is 6.58 Å². The molecule has 1 aliphatic heterocycles. The van der Waals surface area contributed by atoms with Gasteiger partial charge in [0.05, 0.1) is 12.2 Å². The Balaban J connectivity index is 1.61. The summed E-state index contributed by atoms with van der Waals surface area (Å²) < 4.78 is 0. The van der Waals surface area contributed by atoms with Crippen LogP contribution in [0.25, 0.3) is 0 Å². The number of nitrogens with one attached hydrogen (secondary N) is 4. The first-order chi connectivity index (χ1) is 17.1. The minimum Gasteiger partial charge on any atom is -0.348 e. The van der Waals surface area contributed by atoms with E-state index in [0.717, 1.165) is 31.6 Å². The number of carbonyl (C=O) groups excluding carboxylic acids is 2. The van der Waals surface area contributed by atoms with E-state index in [1.807, 2.05) is 18.2 Å². The predicted molar refractivity (Wildman–Crippen MR) is 135 cm³/mol. The topological polar surface area (TPSA) is 124 Å². The number of nitrogens with zero attached hydrogens (tertiary/aromatic N) is 4. The number of hydrogen-bond acceptors (Lipinski definition) is 8. The van der Waals surface area contributed by atoms with Gasteiger partial charge in [-0.25, -0.2) is 9.97 Å². The van der Waals surface area contributed by atoms with Crippen LogP contribution >= 0.6 is 0 Å². The zero-order valence-corrected chi connectivity index (χ0v) is 19.5. The molecule has 10 nitrogen and oxygen atoms in total. The zero-order valence-electron chi connectivity index (χ0n) is 19.5. The van der Waals surface area contributed by atoms with Crippen molar-refractivity contribution in [2.24, 2.45) is 0 Å². The average molecular weight is 473 g/mol. The summed E-state index contributed by atoms with van der Waals surface area (Å²) in [5.41, 5.74) is 4.39. The van der Waals surface area contributed by atoms with Crippen LogP contribution in [0.2, 0.25) is 0 Å². The summed E-state index contributed by atoms with van der Waals surface area (Å²) in [5.74, 6) is 0.796. The van der Waals surface area contributed by atoms with E-state index in [0.29, 0.717) is 36.4 Å². The minimum atomic E-state index is -0.337. The van der Waals surface area contributed by atoms with Crippen LogP contribution in [0, 0.1) is 0 Å². The molecule has 180 valence electrons. The lowest BCUT2D eigenvalue weighted by molar-refractivity contribution is -0.117. The van der Waals surface area contributed by atoms with Gasteiger partial charge in [0.25, 0.3) is 5.91 Å². The second kappa shape index (κ2) is 11.2. The fourth-order valence-corrected chi connectivity index (χ4v) is 3.70. The van der Waals surface area contributed by atoms with Crippen molar-refractivity contribution < 1.29 is 9.59 Å². The van der Waals surface area contributed by atoms with Crippen LogP contribution in [0.1, 0.15) is 27.2 Å². The van der Waals surface area contributed by atoms with Gasteiger partial charge in [0, 0.05) is 32.0 Å². The van der Waals surface area contributed by atoms with Crippen molar-refractivity contribution >= 4 is 35.6 Å². The maximum Gasteiger partial charge on any atom is 0.256 e. The third kappa shape index (κ3) is 6.18. The molecule has 0 fully saturated rings. The summed E-state index contributed by atoms with van der Waals surface area (Å²) in [6.45, 7) is 6.10. The highest BCUT2D eigenvalue weighted by atomic mass is 16.1. The van der Waals surface area contributed by atoms with Crippen LogP contribution in [0.3, 0.4) is 0 Å². The summed E-state index contributed by atoms with van der Waals surface area (Å²) in [7, 11) is 1.68. The van der Waals surface area contributed by atoms with Crippen LogP contribution < -0.4 is 21.3 Å². The van der Waals surface area contributed by atoms with Crippen molar-refractivity contribution in [1.82, 2.24) is 30.5 Å². The molecule has 0 atom stereocenters. The molecule has 2 aromatic heterocycles. The molecule has 1 aliphatic rings. The number of amides is 2. The molecule has 3 heterocycles. The Hall–Kier alpha value is -4.31. The van der Waals surface area contributed by atoms with Gasteiger partial charge in [0.1, 0.15) is 17.2 Å². The number of pyridine rings is 1. The van der Waals surface area contributed by atoms with Gasteiger partial charge < -0.3 is 26.2 Å². The first kappa shape index (κ1) is 23.8. The lowest BCUT2D eigenvalue weighted by Crippen LogP contribution is -2.25. The molecule has 1 aromatic carbocycles. The molecule has 4 N–H and O–H groups in total. The third-order valence-corrected chi connectivity index (χ3v) is 5.43. The highest BCUT2D eigenvalue weighted by Crippen LogP contribution is 2.24. The van der Waals surface area contributed by atoms with E-state index >= 15 is 0 Å². The van der Waals surface area contributed by atoms with Crippen molar-refractivity contribution in [3.05, 3.63) is 77.6 Å². The maximum atomic E-state index is 12.7. The quantitative estimate of drug-likeness (QED) is 0.262. The summed E-state index contributed by atoms with van der Waals surface area (Å²) in [6.07, 6.45) is 4.81. The van der Waals surface area contributed by atoms with Gasteiger partial charge >= 0.3 is 0 Å². The van der Waals surface area contributed by atoms with E-state index in [9.17, 15) is 9.59 Å². The van der Waals surface area contributed by atoms with Crippen LogP contribution in [-0.2, 0) is 24.3 Å². The monoisotopic (exact) mass is 472 g/mol. The van der Waals surface area contributed by atoms with E-state index in [4.69, 9.17) is 0 Å². The molecule has 0 spiro atoms. The van der Waals surface area contributed by atoms with Crippen molar-refractivity contribution in [3.8, 4) is 0 Å². The lowest BCUT2D eigenvalue weighted by atomic mass is 10.0. The maximum absolute atomic E-state index is 12.7. The van der Waals surface area contributed by atoms with E-state index in [1.165, 1.54) is 22.2 Å². The highest BCUT2D eigenvalue weighted by molar-refractivity contribution is 5.99. The second-order valence-corrected chi connectivity index (χ2v) is 8.15. The fourth-order valence-electron chi connectivity index (χ4n) is 3.70. The van der Waals surface area contributed by atoms with Crippen molar-refractivity contribution in [3.63, 3.8) is 0 Å². The average Bonchev–Trinajstić information content (AvgIpc) is 2.87. The van der Waals surface area contributed by atoms with E-state index < -0.39 is 0 Å². The molecule has 0 aliphatic carbocycles. The van der Waals surface area contributed by atoms with Crippen LogP contribution in [-0.4, -0.2) is 52.3 Å². The molecule has 10 heteroatoms. The summed E-state index contributed by atoms with van der Waals surface area (Å²) >= 11 is 0. The first-order valence-electron chi connectivity index (χ1n) is 11.3. The highest BCUT2D eigenvalue weighted by Gasteiger charge is 2.16. The number of benzene rings is 1. The zero-order chi connectivity index (χ0) is 24.6. The number of hydrogen-bond donors (Lipinski definition) is 4. The number of rotatable bonds is 10. The molecule has 0 unspecified atom stereocenters. The standard InChI is InChI=1S/C25H28N8O2/c1-3-10-27-24(35)21-14-28-25(30-19-8-7-17-9-11-26-13-18(17)12-19)32-23(21)31-22-6-4-5-20(29-22)15-33(2)16-34/h3-8,12,14,16,26H,1,9-11,13,15H2,2H3,(H,27,35)(H2,28,29,30,31,32). The van der Waals surface area contributed by atoms with Crippen molar-refractivity contribution in [1.29, 1.82) is 0 Å². The van der Waals surface area contributed by atoms with Gasteiger partial charge in [-0.1, -0.05) is 18.2 Å². The number of aromatic nitrogens is 3. The molecule has 2 amide bonds. The Morgan fingerprint density at radius 3 is 2.91 bits per heavy atom. The van der Waals surface area contributed by atoms with Crippen molar-refractivity contribution in [2.75, 3.05) is 30.8 Å². The number of anilines is 4. The molecular weight excluding hydrogens is 444 g/mol. The Kier molecular flexibility index (Phi) is 7.63. The molecule has 0 saturated heterocycles. The van der Waals surface area contributed by atoms with Gasteiger partial charge in [-0.05, 0) is 48.4 Å². The Morgan fingerprint density at radius 1 is 1.20 bits per heavy atom. The van der Waals surface area contributed by atoms with E-state index in [1.54, 1.807) is 19.2 Å². The minimum absolute atomic E-state index is 0.268. The van der Waals surface area contributed by atoms with Crippen LogP contribution in [0.4, 0.5) is 23.3 Å². The number of carbonyl (C=O) groups is 2. The van der Waals surface area contributed by atoms with Crippen LogP contribution in [0.15, 0.2) is 55.3 Å². The molecule has 4 rings (SSSR count). The first-order valence-corrected chi connectivity index (χ1v) is 11.3. The molecular formula is C25H28N8O2. The third-order valence-electron chi connectivity index (χ3n) is 5.43. The molecule has 35 heavy (non-hydrogen) atoms. The van der Waals surface area contributed by atoms with Crippen LogP contribution in [0.5, 0.6) is 0 Å². The molecule has 0 saturated carbocycles. The predicted octanol–water partition coefficient (Wildman–Crippen LogP) is 2.51. The van der Waals surface area contributed by atoms with Gasteiger partial charge in [0.15, 0.2) is 0 Å². The van der Waals surface area contributed by atoms with Gasteiger partial charge in [-0.2, -0.15) is 4.98 Å². The number of fused-ring (bicyclic) bond motifs is 1. The lowest BCUT2D eigenvalue weighted by Gasteiger charge is -2.18. The fraction of sp³-hybridized carbons (Fsp3) is 0.240. The summed E-state index contributed by atoms with van der Waals surface area (Å²) in [6, 6.07) is 11.6. The molecule has 0 radical (unpaired) electrons. The molecule has 3 aromatic rings. The van der Waals surface area contributed by atoms with E-state index in [-0.39, 0.29) is 11.5 Å². The Bertz CT molecular complexity index is 1230. The molecule has 0 bridgehead atoms. The normalized spacial score (nSPS) is 12.3. The smallest absolute Gasteiger partial charge is 0.256 e. The van der Waals surface area contributed by atoms with Crippen molar-refractivity contribution in [2.45, 2.75) is 19.5 Å². The second-order valence-electron chi connectivity index (χ2n) is 8.15. The largest absolute Gasteiger partial charge is 0.348 e.